The second-order valence-corrected chi connectivity index (χ2v) is 8.25. The summed E-state index contributed by atoms with van der Waals surface area (Å²) >= 11 is 0. The van der Waals surface area contributed by atoms with Crippen LogP contribution in [0.25, 0.3) is 22.4 Å². The largest absolute Gasteiger partial charge is 0.540 e. The Hall–Kier alpha value is -3.58. The number of rotatable bonds is 5. The molecule has 0 atom stereocenters. The van der Waals surface area contributed by atoms with E-state index < -0.39 is 46.3 Å². The van der Waals surface area contributed by atoms with Gasteiger partial charge < -0.3 is 19.6 Å². The predicted molar refractivity (Wildman–Crippen MR) is 129 cm³/mol. The van der Waals surface area contributed by atoms with Gasteiger partial charge in [-0.3, -0.25) is 4.79 Å². The summed E-state index contributed by atoms with van der Waals surface area (Å²) in [6, 6.07) is 6.48. The molecule has 3 rings (SSSR count). The third-order valence-corrected chi connectivity index (χ3v) is 5.13. The molecule has 2 aromatic carbocycles. The van der Waals surface area contributed by atoms with Crippen molar-refractivity contribution in [2.75, 3.05) is 14.2 Å². The molecule has 3 aromatic rings. The van der Waals surface area contributed by atoms with Crippen LogP contribution in [0.1, 0.15) is 30.5 Å². The molecule has 231 valence electrons. The number of benzene rings is 2. The van der Waals surface area contributed by atoms with Crippen molar-refractivity contribution in [3.8, 4) is 33.9 Å². The second kappa shape index (κ2) is 14.1. The molecule has 42 heavy (non-hydrogen) atoms. The van der Waals surface area contributed by atoms with E-state index in [1.165, 1.54) is 46.3 Å². The molecule has 0 aliphatic heterocycles. The first-order chi connectivity index (χ1) is 18.8. The van der Waals surface area contributed by atoms with E-state index in [0.717, 1.165) is 18.3 Å². The van der Waals surface area contributed by atoms with Gasteiger partial charge in [0.2, 0.25) is 0 Å². The third-order valence-electron chi connectivity index (χ3n) is 5.13. The summed E-state index contributed by atoms with van der Waals surface area (Å²) in [5.74, 6) is 0.342. The number of hydrogen-bond acceptors (Lipinski definition) is 5. The first-order valence-electron chi connectivity index (χ1n) is 11.2. The van der Waals surface area contributed by atoms with E-state index in [2.05, 4.69) is 11.1 Å². The summed E-state index contributed by atoms with van der Waals surface area (Å²) in [4.78, 5) is 14.0. The van der Waals surface area contributed by atoms with Gasteiger partial charge in [0.15, 0.2) is 5.78 Å². The average Bonchev–Trinajstić information content (AvgIpc) is 2.85. The topological polar surface area (TPSA) is 68.7 Å². The Kier molecular flexibility index (Phi) is 12.2. The minimum atomic E-state index is -5.52. The zero-order valence-electron chi connectivity index (χ0n) is 22.0. The third kappa shape index (κ3) is 9.48. The molecule has 1 radical (unpaired) electrons. The summed E-state index contributed by atoms with van der Waals surface area (Å²) in [7, 11) is 2.61. The summed E-state index contributed by atoms with van der Waals surface area (Å²) in [5.41, 5.74) is -8.39. The number of aromatic nitrogens is 1. The first kappa shape index (κ1) is 36.4. The molecule has 0 aliphatic rings. The van der Waals surface area contributed by atoms with Crippen molar-refractivity contribution in [2.24, 2.45) is 0 Å². The van der Waals surface area contributed by atoms with Gasteiger partial charge >= 0.3 is 18.5 Å². The van der Waals surface area contributed by atoms with Crippen molar-refractivity contribution in [1.29, 1.82) is 0 Å². The van der Waals surface area contributed by atoms with Crippen LogP contribution in [0.4, 0.5) is 39.5 Å². The fourth-order valence-electron chi connectivity index (χ4n) is 3.52. The molecule has 0 fully saturated rings. The summed E-state index contributed by atoms with van der Waals surface area (Å²) in [6.07, 6.45) is -14.4. The number of ketones is 1. The van der Waals surface area contributed by atoms with Gasteiger partial charge in [-0.2, -0.15) is 39.5 Å². The van der Waals surface area contributed by atoms with Gasteiger partial charge in [0.1, 0.15) is 0 Å². The van der Waals surface area contributed by atoms with Crippen molar-refractivity contribution >= 4 is 5.78 Å². The number of allylic oxidation sites excluding steroid dienone is 2. The number of aliphatic hydroxyl groups is 1. The van der Waals surface area contributed by atoms with E-state index in [9.17, 15) is 44.3 Å². The molecule has 1 N–H and O–H groups in total. The number of alkyl halides is 9. The summed E-state index contributed by atoms with van der Waals surface area (Å²) in [5, 5.41) is 8.36. The van der Waals surface area contributed by atoms with Crippen LogP contribution in [-0.2, 0) is 43.4 Å². The van der Waals surface area contributed by atoms with Crippen molar-refractivity contribution < 1.29 is 79.0 Å². The Morgan fingerprint density at radius 1 is 0.881 bits per heavy atom. The first-order valence-corrected chi connectivity index (χ1v) is 11.2. The molecule has 1 aromatic heterocycles. The minimum Gasteiger partial charge on any atom is -0.540 e. The van der Waals surface area contributed by atoms with Gasteiger partial charge in [-0.25, -0.2) is 0 Å². The average molecular weight is 787 g/mol. The number of carbonyl (C=O) groups is 1. The quantitative estimate of drug-likeness (QED) is 0.122. The molecular formula is C27H21F9IrNO4-. The Bertz CT molecular complexity index is 1390. The molecule has 0 unspecified atom stereocenters. The van der Waals surface area contributed by atoms with Gasteiger partial charge in [-0.05, 0) is 43.3 Å². The Morgan fingerprint density at radius 2 is 1.43 bits per heavy atom. The number of hydrogen-bond donors (Lipinski definition) is 1. The zero-order chi connectivity index (χ0) is 31.3. The molecule has 0 aliphatic carbocycles. The monoisotopic (exact) mass is 787 g/mol. The van der Waals surface area contributed by atoms with E-state index in [4.69, 9.17) is 14.6 Å². The Balaban J connectivity index is 0.000000981. The number of ether oxygens (including phenoxy) is 2. The molecule has 15 heteroatoms. The van der Waals surface area contributed by atoms with Crippen LogP contribution in [0.5, 0.6) is 11.5 Å². The van der Waals surface area contributed by atoms with Crippen molar-refractivity contribution in [1.82, 2.24) is 4.98 Å². The Morgan fingerprint density at radius 3 is 1.81 bits per heavy atom. The molecule has 0 spiro atoms. The van der Waals surface area contributed by atoms with Crippen molar-refractivity contribution in [3.05, 3.63) is 77.2 Å². The standard InChI is InChI=1S/C22H13F9NO2.C5H8O2.Ir/c1-33-13-3-4-14(18(10-13)34-2)17-7-11(5-6-32-17)19-15(21(26,27)28)8-12(20(23,24)25)9-16(19)22(29,30)31;1-4(6)3-5(2)7;/h3,5-10H,1-2H3;3,6H,1-2H3;/q-1;;/b;4-3-;. The SMILES string of the molecule is CC(=O)/C=C(/C)O.COc1c[c-]c(-c2cc(-c3c(C(F)(F)F)cc(C(F)(F)F)cc3C(F)(F)F)ccn2)c(OC)c1.[Ir]. The maximum atomic E-state index is 13.7. The van der Waals surface area contributed by atoms with E-state index in [0.29, 0.717) is 5.75 Å². The smallest absolute Gasteiger partial charge is 0.417 e. The fraction of sp³-hybridized carbons (Fsp3) is 0.259. The maximum absolute atomic E-state index is 13.7. The second-order valence-electron chi connectivity index (χ2n) is 8.25. The van der Waals surface area contributed by atoms with E-state index >= 15 is 0 Å². The van der Waals surface area contributed by atoms with E-state index in [-0.39, 0.29) is 60.8 Å². The van der Waals surface area contributed by atoms with Crippen LogP contribution >= 0.6 is 0 Å². The number of halogens is 9. The van der Waals surface area contributed by atoms with Crippen LogP contribution in [0.15, 0.2) is 54.4 Å². The maximum Gasteiger partial charge on any atom is 0.417 e. The molecular weight excluding hydrogens is 765 g/mol. The van der Waals surface area contributed by atoms with Gasteiger partial charge in [0.05, 0.1) is 36.7 Å². The fourth-order valence-corrected chi connectivity index (χ4v) is 3.52. The van der Waals surface area contributed by atoms with Crippen LogP contribution in [-0.4, -0.2) is 30.1 Å². The molecule has 0 bridgehead atoms. The molecule has 0 amide bonds. The summed E-state index contributed by atoms with van der Waals surface area (Å²) in [6.45, 7) is 2.85. The number of pyridine rings is 1. The molecule has 5 nitrogen and oxygen atoms in total. The van der Waals surface area contributed by atoms with Crippen LogP contribution in [0.2, 0.25) is 0 Å². The number of aliphatic hydroxyl groups excluding tert-OH is 1. The number of methoxy groups -OCH3 is 2. The van der Waals surface area contributed by atoms with E-state index in [1.807, 2.05) is 0 Å². The molecule has 1 heterocycles. The summed E-state index contributed by atoms with van der Waals surface area (Å²) < 4.78 is 132. The van der Waals surface area contributed by atoms with Crippen molar-refractivity contribution in [2.45, 2.75) is 32.4 Å². The van der Waals surface area contributed by atoms with Crippen LogP contribution in [0.3, 0.4) is 0 Å². The normalized spacial score (nSPS) is 12.1. The van der Waals surface area contributed by atoms with E-state index in [1.54, 1.807) is 0 Å². The number of nitrogens with zero attached hydrogens (tertiary/aromatic N) is 1. The van der Waals surface area contributed by atoms with Gasteiger partial charge in [-0.15, -0.1) is 12.1 Å². The zero-order valence-corrected chi connectivity index (χ0v) is 24.4. The predicted octanol–water partition coefficient (Wildman–Crippen LogP) is 8.32. The van der Waals surface area contributed by atoms with Gasteiger partial charge in [-0.1, -0.05) is 17.7 Å². The van der Waals surface area contributed by atoms with Gasteiger partial charge in [0, 0.05) is 49.4 Å². The molecule has 0 saturated carbocycles. The minimum absolute atomic E-state index is 0. The van der Waals surface area contributed by atoms with Crippen LogP contribution < -0.4 is 9.47 Å². The van der Waals surface area contributed by atoms with Crippen molar-refractivity contribution in [3.63, 3.8) is 0 Å². The van der Waals surface area contributed by atoms with Crippen LogP contribution in [0, 0.1) is 6.07 Å². The molecule has 0 saturated heterocycles. The Labute approximate surface area is 247 Å². The van der Waals surface area contributed by atoms with Gasteiger partial charge in [0.25, 0.3) is 0 Å². The number of carbonyl (C=O) groups excluding carboxylic acids is 1.